The molecule has 3 rings (SSSR count). The van der Waals surface area contributed by atoms with Gasteiger partial charge >= 0.3 is 6.18 Å². The van der Waals surface area contributed by atoms with E-state index in [0.717, 1.165) is 23.8 Å². The molecule has 1 aromatic carbocycles. The minimum absolute atomic E-state index is 0.0774. The number of benzene rings is 1. The quantitative estimate of drug-likeness (QED) is 0.656. The number of nitrogens with one attached hydrogen (secondary N) is 1. The molecule has 0 aliphatic heterocycles. The lowest BCUT2D eigenvalue weighted by Gasteiger charge is -2.10. The van der Waals surface area contributed by atoms with Crippen LogP contribution in [0.25, 0.3) is 5.78 Å². The molecule has 0 unspecified atom stereocenters. The highest BCUT2D eigenvalue weighted by molar-refractivity contribution is 7.89. The lowest BCUT2D eigenvalue weighted by atomic mass is 10.2. The van der Waals surface area contributed by atoms with Crippen molar-refractivity contribution in [2.45, 2.75) is 23.9 Å². The molecule has 0 amide bonds. The van der Waals surface area contributed by atoms with Crippen molar-refractivity contribution in [3.8, 4) is 0 Å². The summed E-state index contributed by atoms with van der Waals surface area (Å²) in [6.07, 6.45) is 1.09. The number of alkyl halides is 3. The summed E-state index contributed by atoms with van der Waals surface area (Å²) in [6.45, 7) is 0.0774. The van der Waals surface area contributed by atoms with Crippen LogP contribution in [0.3, 0.4) is 0 Å². The molecule has 0 aliphatic rings. The Morgan fingerprint density at radius 1 is 1.19 bits per heavy atom. The highest BCUT2D eigenvalue weighted by Crippen LogP contribution is 2.30. The van der Waals surface area contributed by atoms with Gasteiger partial charge in [0.15, 0.2) is 0 Å². The second-order valence-corrected chi connectivity index (χ2v) is 7.26. The Morgan fingerprint density at radius 2 is 2.00 bits per heavy atom. The maximum Gasteiger partial charge on any atom is 0.416 e. The molecule has 2 aromatic heterocycles. The van der Waals surface area contributed by atoms with Crippen LogP contribution in [0.15, 0.2) is 47.9 Å². The molecule has 26 heavy (non-hydrogen) atoms. The first kappa shape index (κ1) is 18.3. The van der Waals surface area contributed by atoms with Crippen molar-refractivity contribution < 1.29 is 21.6 Å². The largest absolute Gasteiger partial charge is 0.416 e. The summed E-state index contributed by atoms with van der Waals surface area (Å²) in [5, 5.41) is 3.95. The fraction of sp³-hybridized carbons (Fsp3) is 0.267. The second kappa shape index (κ2) is 7.00. The average Bonchev–Trinajstić information content (AvgIpc) is 3.06. The van der Waals surface area contributed by atoms with E-state index < -0.39 is 26.7 Å². The molecule has 0 saturated carbocycles. The molecule has 0 fully saturated rings. The van der Waals surface area contributed by atoms with Crippen LogP contribution in [0.4, 0.5) is 13.2 Å². The number of aromatic nitrogens is 4. The Bertz CT molecular complexity index is 1020. The molecule has 3 aromatic rings. The van der Waals surface area contributed by atoms with Crippen LogP contribution in [0.1, 0.15) is 17.5 Å². The van der Waals surface area contributed by atoms with Crippen molar-refractivity contribution in [2.75, 3.05) is 6.54 Å². The first-order valence-electron chi connectivity index (χ1n) is 7.57. The number of fused-ring (bicyclic) bond motifs is 1. The Balaban J connectivity index is 1.60. The molecule has 0 spiro atoms. The normalized spacial score (nSPS) is 12.6. The van der Waals surface area contributed by atoms with Gasteiger partial charge in [0.25, 0.3) is 5.78 Å². The highest BCUT2D eigenvalue weighted by atomic mass is 32.2. The minimum atomic E-state index is -4.60. The monoisotopic (exact) mass is 385 g/mol. The van der Waals surface area contributed by atoms with Crippen LogP contribution < -0.4 is 4.72 Å². The van der Waals surface area contributed by atoms with E-state index in [1.807, 2.05) is 0 Å². The number of aryl methyl sites for hydroxylation is 1. The standard InChI is InChI=1S/C15H14F3N5O2S/c16-15(17,18)12-4-1-5-13(7-12)26(24,25)22-6-2-3-11-8-19-14-20-10-21-23(14)9-11/h1,4-5,7-10,22H,2-3,6H2. The van der Waals surface area contributed by atoms with Crippen LogP contribution in [0, 0.1) is 0 Å². The summed E-state index contributed by atoms with van der Waals surface area (Å²) in [5.41, 5.74) is -0.172. The minimum Gasteiger partial charge on any atom is -0.219 e. The van der Waals surface area contributed by atoms with Gasteiger partial charge in [0.1, 0.15) is 6.33 Å². The van der Waals surface area contributed by atoms with E-state index in [9.17, 15) is 21.6 Å². The summed E-state index contributed by atoms with van der Waals surface area (Å²) in [4.78, 5) is 7.59. The number of hydrogen-bond acceptors (Lipinski definition) is 5. The van der Waals surface area contributed by atoms with Gasteiger partial charge in [-0.15, -0.1) is 0 Å². The molecule has 0 atom stereocenters. The third-order valence-electron chi connectivity index (χ3n) is 3.59. The average molecular weight is 385 g/mol. The zero-order valence-corrected chi connectivity index (χ0v) is 14.1. The maximum absolute atomic E-state index is 12.7. The Labute approximate surface area is 147 Å². The summed E-state index contributed by atoms with van der Waals surface area (Å²) in [7, 11) is -4.02. The topological polar surface area (TPSA) is 89.2 Å². The predicted molar refractivity (Wildman–Crippen MR) is 85.7 cm³/mol. The summed E-state index contributed by atoms with van der Waals surface area (Å²) >= 11 is 0. The smallest absolute Gasteiger partial charge is 0.219 e. The number of nitrogens with zero attached hydrogens (tertiary/aromatic N) is 4. The van der Waals surface area contributed by atoms with Gasteiger partial charge < -0.3 is 0 Å². The number of halogens is 3. The molecule has 0 radical (unpaired) electrons. The number of hydrogen-bond donors (Lipinski definition) is 1. The van der Waals surface area contributed by atoms with Crippen molar-refractivity contribution in [3.05, 3.63) is 54.1 Å². The summed E-state index contributed by atoms with van der Waals surface area (Å²) < 4.78 is 66.2. The molecule has 1 N–H and O–H groups in total. The van der Waals surface area contributed by atoms with Gasteiger partial charge in [-0.05, 0) is 36.6 Å². The van der Waals surface area contributed by atoms with Gasteiger partial charge in [-0.3, -0.25) is 0 Å². The van der Waals surface area contributed by atoms with E-state index in [-0.39, 0.29) is 6.54 Å². The lowest BCUT2D eigenvalue weighted by Crippen LogP contribution is -2.25. The van der Waals surface area contributed by atoms with Gasteiger partial charge in [-0.2, -0.15) is 23.3 Å². The fourth-order valence-corrected chi connectivity index (χ4v) is 3.43. The fourth-order valence-electron chi connectivity index (χ4n) is 2.31. The zero-order chi connectivity index (χ0) is 18.8. The maximum atomic E-state index is 12.7. The van der Waals surface area contributed by atoms with Gasteiger partial charge in [0.2, 0.25) is 10.0 Å². The lowest BCUT2D eigenvalue weighted by molar-refractivity contribution is -0.137. The van der Waals surface area contributed by atoms with Crippen molar-refractivity contribution in [1.29, 1.82) is 0 Å². The van der Waals surface area contributed by atoms with Crippen LogP contribution in [0.2, 0.25) is 0 Å². The van der Waals surface area contributed by atoms with E-state index >= 15 is 0 Å². The van der Waals surface area contributed by atoms with Crippen LogP contribution in [-0.4, -0.2) is 34.5 Å². The van der Waals surface area contributed by atoms with E-state index in [2.05, 4.69) is 19.8 Å². The first-order valence-corrected chi connectivity index (χ1v) is 9.05. The molecular weight excluding hydrogens is 371 g/mol. The van der Waals surface area contributed by atoms with Gasteiger partial charge in [-0.25, -0.2) is 22.6 Å². The SMILES string of the molecule is O=S(=O)(NCCCc1cnc2ncnn2c1)c1cccc(C(F)(F)F)c1. The van der Waals surface area contributed by atoms with Crippen molar-refractivity contribution in [3.63, 3.8) is 0 Å². The summed E-state index contributed by atoms with van der Waals surface area (Å²) in [6, 6.07) is 3.63. The third-order valence-corrected chi connectivity index (χ3v) is 5.05. The third kappa shape index (κ3) is 4.17. The molecule has 2 heterocycles. The van der Waals surface area contributed by atoms with Crippen molar-refractivity contribution in [2.24, 2.45) is 0 Å². The predicted octanol–water partition coefficient (Wildman–Crippen LogP) is 2.05. The van der Waals surface area contributed by atoms with E-state index in [1.165, 1.54) is 10.8 Å². The highest BCUT2D eigenvalue weighted by Gasteiger charge is 2.31. The molecule has 11 heteroatoms. The number of rotatable bonds is 6. The molecule has 0 saturated heterocycles. The first-order chi connectivity index (χ1) is 12.3. The van der Waals surface area contributed by atoms with E-state index in [4.69, 9.17) is 0 Å². The zero-order valence-electron chi connectivity index (χ0n) is 13.3. The Morgan fingerprint density at radius 3 is 2.77 bits per heavy atom. The molecule has 7 nitrogen and oxygen atoms in total. The van der Waals surface area contributed by atoms with E-state index in [1.54, 1.807) is 12.4 Å². The van der Waals surface area contributed by atoms with Gasteiger partial charge in [0.05, 0.1) is 10.5 Å². The van der Waals surface area contributed by atoms with Crippen molar-refractivity contribution >= 4 is 15.8 Å². The Kier molecular flexibility index (Phi) is 4.92. The second-order valence-electron chi connectivity index (χ2n) is 5.49. The number of sulfonamides is 1. The molecular formula is C15H14F3N5O2S. The van der Waals surface area contributed by atoms with E-state index in [0.29, 0.717) is 24.7 Å². The molecule has 0 bridgehead atoms. The van der Waals surface area contributed by atoms with Gasteiger partial charge in [0, 0.05) is 18.9 Å². The van der Waals surface area contributed by atoms with Crippen LogP contribution >= 0.6 is 0 Å². The van der Waals surface area contributed by atoms with Crippen LogP contribution in [-0.2, 0) is 22.6 Å². The van der Waals surface area contributed by atoms with Gasteiger partial charge in [-0.1, -0.05) is 6.07 Å². The summed E-state index contributed by atoms with van der Waals surface area (Å²) in [5.74, 6) is 0.457. The Hall–Kier alpha value is -2.53. The molecule has 0 aliphatic carbocycles. The van der Waals surface area contributed by atoms with Crippen molar-refractivity contribution in [1.82, 2.24) is 24.3 Å². The van der Waals surface area contributed by atoms with Crippen LogP contribution in [0.5, 0.6) is 0 Å². The molecule has 138 valence electrons.